The van der Waals surface area contributed by atoms with Crippen LogP contribution in [0.5, 0.6) is 17.4 Å². The van der Waals surface area contributed by atoms with Crippen LogP contribution in [0.4, 0.5) is 0 Å². The Morgan fingerprint density at radius 3 is 2.62 bits per heavy atom. The van der Waals surface area contributed by atoms with E-state index in [9.17, 15) is 4.79 Å². The number of nitrogens with one attached hydrogen (secondary N) is 1. The van der Waals surface area contributed by atoms with Crippen LogP contribution in [0.25, 0.3) is 16.6 Å². The van der Waals surface area contributed by atoms with Crippen LogP contribution in [-0.2, 0) is 17.8 Å². The monoisotopic (exact) mass is 495 g/mol. The Balaban J connectivity index is 1.19. The minimum atomic E-state index is -0.0321. The number of nitrogens with zero attached hydrogens (tertiary/aromatic N) is 4. The maximum absolute atomic E-state index is 12.7. The first-order chi connectivity index (χ1) is 18.0. The Morgan fingerprint density at radius 2 is 1.81 bits per heavy atom. The van der Waals surface area contributed by atoms with E-state index < -0.39 is 0 Å². The van der Waals surface area contributed by atoms with Gasteiger partial charge in [0, 0.05) is 42.0 Å². The lowest BCUT2D eigenvalue weighted by molar-refractivity contribution is -0.121. The lowest BCUT2D eigenvalue weighted by Gasteiger charge is -2.12. The molecule has 0 aliphatic heterocycles. The molecule has 0 fully saturated rings. The minimum absolute atomic E-state index is 0.0321. The molecule has 0 atom stereocenters. The summed E-state index contributed by atoms with van der Waals surface area (Å²) in [4.78, 5) is 21.7. The molecule has 0 aliphatic rings. The molecule has 0 bridgehead atoms. The highest BCUT2D eigenvalue weighted by atomic mass is 16.5. The summed E-state index contributed by atoms with van der Waals surface area (Å²) in [6.07, 6.45) is 2.62. The zero-order chi connectivity index (χ0) is 25.8. The first-order valence-corrected chi connectivity index (χ1v) is 12.4. The fourth-order valence-electron chi connectivity index (χ4n) is 4.37. The van der Waals surface area contributed by atoms with E-state index >= 15 is 0 Å². The van der Waals surface area contributed by atoms with E-state index in [0.717, 1.165) is 44.8 Å². The molecule has 2 aromatic carbocycles. The Hall–Kier alpha value is -4.46. The van der Waals surface area contributed by atoms with Gasteiger partial charge in [0.1, 0.15) is 11.5 Å². The summed E-state index contributed by atoms with van der Waals surface area (Å²) in [6, 6.07) is 19.1. The fraction of sp³-hybridized carbons (Fsp3) is 0.241. The average Bonchev–Trinajstić information content (AvgIpc) is 3.28. The van der Waals surface area contributed by atoms with Crippen molar-refractivity contribution >= 4 is 22.5 Å². The number of ether oxygens (including phenoxy) is 2. The Labute approximate surface area is 215 Å². The molecule has 3 heterocycles. The minimum Gasteiger partial charge on any atom is -0.494 e. The fourth-order valence-corrected chi connectivity index (χ4v) is 4.37. The highest BCUT2D eigenvalue weighted by Gasteiger charge is 2.15. The van der Waals surface area contributed by atoms with Crippen LogP contribution >= 0.6 is 0 Å². The molecule has 0 saturated carbocycles. The van der Waals surface area contributed by atoms with Crippen LogP contribution in [0.2, 0.25) is 0 Å². The molecule has 0 aliphatic carbocycles. The Kier molecular flexibility index (Phi) is 6.98. The largest absolute Gasteiger partial charge is 0.494 e. The van der Waals surface area contributed by atoms with Crippen molar-refractivity contribution in [2.45, 2.75) is 40.2 Å². The lowest BCUT2D eigenvalue weighted by atomic mass is 10.1. The third-order valence-electron chi connectivity index (χ3n) is 6.27. The lowest BCUT2D eigenvalue weighted by Crippen LogP contribution is -2.23. The number of rotatable bonds is 9. The quantitative estimate of drug-likeness (QED) is 0.297. The molecule has 1 amide bonds. The van der Waals surface area contributed by atoms with Gasteiger partial charge in [-0.15, -0.1) is 0 Å². The number of amides is 1. The van der Waals surface area contributed by atoms with Crippen LogP contribution in [0, 0.1) is 13.8 Å². The molecule has 37 heavy (non-hydrogen) atoms. The smallest absolute Gasteiger partial charge is 0.220 e. The van der Waals surface area contributed by atoms with Crippen LogP contribution in [0.3, 0.4) is 0 Å². The van der Waals surface area contributed by atoms with Gasteiger partial charge in [0.05, 0.1) is 12.1 Å². The summed E-state index contributed by atoms with van der Waals surface area (Å²) in [6.45, 7) is 6.97. The number of aromatic nitrogens is 4. The van der Waals surface area contributed by atoms with E-state index in [1.807, 2.05) is 86.0 Å². The first-order valence-electron chi connectivity index (χ1n) is 12.4. The molecule has 8 nitrogen and oxygen atoms in total. The molecular formula is C29H29N5O3. The standard InChI is InChI=1S/C29H29N5O3/c1-4-36-22-9-11-23(12-10-22)37-28-17-21(15-16-30-28)18-31-27(35)14-13-24-19(2)32-29-25-7-5-6-8-26(25)33-34(29)20(24)3/h5-12,15-17H,4,13-14,18H2,1-3H3,(H,31,35). The molecule has 8 heteroatoms. The summed E-state index contributed by atoms with van der Waals surface area (Å²) in [7, 11) is 0. The number of aryl methyl sites for hydroxylation is 2. The van der Waals surface area contributed by atoms with Crippen molar-refractivity contribution in [1.82, 2.24) is 24.9 Å². The predicted molar refractivity (Wildman–Crippen MR) is 142 cm³/mol. The van der Waals surface area contributed by atoms with E-state index in [-0.39, 0.29) is 5.91 Å². The molecular weight excluding hydrogens is 466 g/mol. The van der Waals surface area contributed by atoms with Gasteiger partial charge in [0.25, 0.3) is 0 Å². The SMILES string of the molecule is CCOc1ccc(Oc2cc(CNC(=O)CCc3c(C)nc4c5ccccc5nn4c3C)ccn2)cc1. The van der Waals surface area contributed by atoms with E-state index in [4.69, 9.17) is 19.6 Å². The number of hydrogen-bond donors (Lipinski definition) is 1. The third-order valence-corrected chi connectivity index (χ3v) is 6.27. The van der Waals surface area contributed by atoms with Gasteiger partial charge in [-0.2, -0.15) is 5.10 Å². The van der Waals surface area contributed by atoms with Gasteiger partial charge >= 0.3 is 0 Å². The number of carbonyl (C=O) groups excluding carboxylic acids is 1. The van der Waals surface area contributed by atoms with Gasteiger partial charge in [-0.3, -0.25) is 4.79 Å². The number of fused-ring (bicyclic) bond motifs is 3. The van der Waals surface area contributed by atoms with E-state index in [0.29, 0.717) is 37.6 Å². The second-order valence-electron chi connectivity index (χ2n) is 8.80. The molecule has 1 N–H and O–H groups in total. The summed E-state index contributed by atoms with van der Waals surface area (Å²) in [5.74, 6) is 1.89. The number of pyridine rings is 1. The number of benzene rings is 2. The van der Waals surface area contributed by atoms with E-state index in [2.05, 4.69) is 10.3 Å². The molecule has 0 spiro atoms. The number of carbonyl (C=O) groups is 1. The first kappa shape index (κ1) is 24.2. The van der Waals surface area contributed by atoms with Crippen LogP contribution in [0.1, 0.15) is 35.9 Å². The van der Waals surface area contributed by atoms with E-state index in [1.165, 1.54) is 0 Å². The Bertz CT molecular complexity index is 1560. The van der Waals surface area contributed by atoms with Crippen molar-refractivity contribution < 1.29 is 14.3 Å². The van der Waals surface area contributed by atoms with Crippen molar-refractivity contribution in [3.8, 4) is 17.4 Å². The molecule has 0 radical (unpaired) electrons. The second kappa shape index (κ2) is 10.7. The third kappa shape index (κ3) is 5.38. The van der Waals surface area contributed by atoms with Gasteiger partial charge in [-0.25, -0.2) is 14.5 Å². The van der Waals surface area contributed by atoms with Crippen LogP contribution < -0.4 is 14.8 Å². The second-order valence-corrected chi connectivity index (χ2v) is 8.80. The normalized spacial score (nSPS) is 11.1. The molecule has 0 saturated heterocycles. The van der Waals surface area contributed by atoms with Crippen LogP contribution in [0.15, 0.2) is 66.9 Å². The summed E-state index contributed by atoms with van der Waals surface area (Å²) < 4.78 is 13.2. The summed E-state index contributed by atoms with van der Waals surface area (Å²) in [5.41, 5.74) is 5.65. The predicted octanol–water partition coefficient (Wildman–Crippen LogP) is 5.33. The van der Waals surface area contributed by atoms with Gasteiger partial charge < -0.3 is 14.8 Å². The van der Waals surface area contributed by atoms with Crippen molar-refractivity contribution in [2.24, 2.45) is 0 Å². The van der Waals surface area contributed by atoms with Gasteiger partial charge in [-0.1, -0.05) is 12.1 Å². The summed E-state index contributed by atoms with van der Waals surface area (Å²) in [5, 5.41) is 8.73. The van der Waals surface area contributed by atoms with Crippen LogP contribution in [-0.4, -0.2) is 32.1 Å². The molecule has 5 aromatic rings. The van der Waals surface area contributed by atoms with Gasteiger partial charge in [-0.05, 0) is 80.8 Å². The maximum atomic E-state index is 12.7. The van der Waals surface area contributed by atoms with Crippen molar-refractivity contribution in [3.63, 3.8) is 0 Å². The topological polar surface area (TPSA) is 90.6 Å². The molecule has 3 aromatic heterocycles. The number of hydrogen-bond acceptors (Lipinski definition) is 6. The maximum Gasteiger partial charge on any atom is 0.220 e. The molecule has 188 valence electrons. The van der Waals surface area contributed by atoms with Crippen molar-refractivity contribution in [3.05, 3.63) is 89.4 Å². The highest BCUT2D eigenvalue weighted by Crippen LogP contribution is 2.24. The summed E-state index contributed by atoms with van der Waals surface area (Å²) >= 11 is 0. The highest BCUT2D eigenvalue weighted by molar-refractivity contribution is 5.92. The Morgan fingerprint density at radius 1 is 1.03 bits per heavy atom. The average molecular weight is 496 g/mol. The van der Waals surface area contributed by atoms with Crippen molar-refractivity contribution in [2.75, 3.05) is 6.61 Å². The zero-order valence-electron chi connectivity index (χ0n) is 21.2. The zero-order valence-corrected chi connectivity index (χ0v) is 21.2. The van der Waals surface area contributed by atoms with Gasteiger partial charge in [0.15, 0.2) is 5.65 Å². The molecule has 5 rings (SSSR count). The van der Waals surface area contributed by atoms with Gasteiger partial charge in [0.2, 0.25) is 11.8 Å². The van der Waals surface area contributed by atoms with E-state index in [1.54, 1.807) is 6.20 Å². The molecule has 0 unspecified atom stereocenters. The van der Waals surface area contributed by atoms with Crippen molar-refractivity contribution in [1.29, 1.82) is 0 Å².